The van der Waals surface area contributed by atoms with Crippen LogP contribution >= 0.6 is 11.3 Å². The van der Waals surface area contributed by atoms with E-state index in [9.17, 15) is 9.59 Å². The number of hydrogen-bond acceptors (Lipinski definition) is 6. The molecule has 7 heteroatoms. The fourth-order valence-electron chi connectivity index (χ4n) is 2.06. The van der Waals surface area contributed by atoms with Crippen LogP contribution in [-0.4, -0.2) is 32.1 Å². The lowest BCUT2D eigenvalue weighted by Gasteiger charge is -2.16. The van der Waals surface area contributed by atoms with Crippen molar-refractivity contribution in [2.45, 2.75) is 12.8 Å². The Hall–Kier alpha value is -1.76. The third kappa shape index (κ3) is 2.01. The van der Waals surface area contributed by atoms with Gasteiger partial charge in [-0.15, -0.1) is 11.3 Å². The summed E-state index contributed by atoms with van der Waals surface area (Å²) in [4.78, 5) is 25.3. The molecule has 1 saturated heterocycles. The van der Waals surface area contributed by atoms with Gasteiger partial charge in [-0.1, -0.05) is 0 Å². The lowest BCUT2D eigenvalue weighted by molar-refractivity contribution is 0.0603. The van der Waals surface area contributed by atoms with Gasteiger partial charge in [0.2, 0.25) is 0 Å². The number of ether oxygens (including phenoxy) is 1. The molecule has 1 fully saturated rings. The van der Waals surface area contributed by atoms with E-state index < -0.39 is 11.9 Å². The van der Waals surface area contributed by atoms with Crippen LogP contribution < -0.4 is 16.4 Å². The van der Waals surface area contributed by atoms with Gasteiger partial charge in [-0.05, 0) is 12.8 Å². The quantitative estimate of drug-likeness (QED) is 0.791. The molecular formula is C11H15N3O3S. The topological polar surface area (TPSA) is 98.6 Å². The fourth-order valence-corrected chi connectivity index (χ4v) is 3.17. The van der Waals surface area contributed by atoms with E-state index >= 15 is 0 Å². The van der Waals surface area contributed by atoms with Crippen molar-refractivity contribution in [2.24, 2.45) is 5.73 Å². The minimum atomic E-state index is -0.617. The molecule has 6 nitrogen and oxygen atoms in total. The second kappa shape index (κ2) is 4.85. The number of anilines is 2. The van der Waals surface area contributed by atoms with Crippen molar-refractivity contribution in [3.8, 4) is 0 Å². The molecule has 0 spiro atoms. The van der Waals surface area contributed by atoms with Crippen molar-refractivity contribution in [3.05, 3.63) is 10.4 Å². The van der Waals surface area contributed by atoms with Crippen LogP contribution in [0.15, 0.2) is 0 Å². The number of carbonyl (C=O) groups excluding carboxylic acids is 2. The molecule has 0 bridgehead atoms. The number of amides is 1. The molecule has 0 saturated carbocycles. The first kappa shape index (κ1) is 12.7. The summed E-state index contributed by atoms with van der Waals surface area (Å²) >= 11 is 1.16. The smallest absolute Gasteiger partial charge is 0.343 e. The summed E-state index contributed by atoms with van der Waals surface area (Å²) < 4.78 is 4.72. The molecule has 18 heavy (non-hydrogen) atoms. The van der Waals surface area contributed by atoms with E-state index in [-0.39, 0.29) is 16.1 Å². The van der Waals surface area contributed by atoms with E-state index in [0.29, 0.717) is 5.00 Å². The maximum absolute atomic E-state index is 11.8. The zero-order chi connectivity index (χ0) is 13.3. The molecule has 1 aliphatic heterocycles. The highest BCUT2D eigenvalue weighted by molar-refractivity contribution is 7.19. The number of esters is 1. The maximum Gasteiger partial charge on any atom is 0.343 e. The summed E-state index contributed by atoms with van der Waals surface area (Å²) in [5, 5.41) is 0.686. The number of primary amides is 1. The van der Waals surface area contributed by atoms with Crippen LogP contribution in [-0.2, 0) is 4.74 Å². The Kier molecular flexibility index (Phi) is 3.42. The monoisotopic (exact) mass is 269 g/mol. The molecule has 1 aromatic rings. The molecule has 0 unspecified atom stereocenters. The van der Waals surface area contributed by atoms with E-state index in [1.165, 1.54) is 7.11 Å². The van der Waals surface area contributed by atoms with E-state index in [1.54, 1.807) is 0 Å². The number of nitrogens with zero attached hydrogens (tertiary/aromatic N) is 1. The SMILES string of the molecule is COC(=O)c1c(N2CCCC2)sc(C(N)=O)c1N. The highest BCUT2D eigenvalue weighted by Crippen LogP contribution is 2.39. The Morgan fingerprint density at radius 1 is 1.33 bits per heavy atom. The summed E-state index contributed by atoms with van der Waals surface area (Å²) in [7, 11) is 1.29. The average Bonchev–Trinajstić information content (AvgIpc) is 2.94. The molecular weight excluding hydrogens is 254 g/mol. The van der Waals surface area contributed by atoms with Gasteiger partial charge in [-0.3, -0.25) is 4.79 Å². The van der Waals surface area contributed by atoms with Crippen molar-refractivity contribution in [3.63, 3.8) is 0 Å². The van der Waals surface area contributed by atoms with Crippen LogP contribution in [0.1, 0.15) is 32.9 Å². The van der Waals surface area contributed by atoms with Crippen molar-refractivity contribution < 1.29 is 14.3 Å². The highest BCUT2D eigenvalue weighted by atomic mass is 32.1. The Morgan fingerprint density at radius 2 is 1.94 bits per heavy atom. The highest BCUT2D eigenvalue weighted by Gasteiger charge is 2.29. The van der Waals surface area contributed by atoms with Crippen molar-refractivity contribution >= 4 is 33.9 Å². The van der Waals surface area contributed by atoms with Crippen LogP contribution in [0.4, 0.5) is 10.7 Å². The first-order chi connectivity index (χ1) is 8.56. The van der Waals surface area contributed by atoms with Crippen molar-refractivity contribution in [1.82, 2.24) is 0 Å². The number of thiophene rings is 1. The predicted octanol–water partition coefficient (Wildman–Crippen LogP) is 0.816. The first-order valence-corrected chi connectivity index (χ1v) is 6.43. The normalized spacial score (nSPS) is 14.8. The van der Waals surface area contributed by atoms with Gasteiger partial charge in [0.25, 0.3) is 5.91 Å². The van der Waals surface area contributed by atoms with Crippen LogP contribution in [0, 0.1) is 0 Å². The van der Waals surface area contributed by atoms with Crippen LogP contribution in [0.3, 0.4) is 0 Å². The second-order valence-electron chi connectivity index (χ2n) is 4.08. The largest absolute Gasteiger partial charge is 0.465 e. The average molecular weight is 269 g/mol. The van der Waals surface area contributed by atoms with Crippen LogP contribution in [0.5, 0.6) is 0 Å². The molecule has 0 atom stereocenters. The van der Waals surface area contributed by atoms with Crippen molar-refractivity contribution in [1.29, 1.82) is 0 Å². The zero-order valence-corrected chi connectivity index (χ0v) is 10.9. The van der Waals surface area contributed by atoms with Gasteiger partial charge >= 0.3 is 5.97 Å². The Balaban J connectivity index is 2.52. The summed E-state index contributed by atoms with van der Waals surface area (Å²) in [6, 6.07) is 0. The van der Waals surface area contributed by atoms with Gasteiger partial charge in [-0.25, -0.2) is 4.79 Å². The molecule has 2 heterocycles. The molecule has 0 aromatic carbocycles. The third-order valence-corrected chi connectivity index (χ3v) is 4.21. The molecule has 0 radical (unpaired) electrons. The van der Waals surface area contributed by atoms with Crippen LogP contribution in [0.25, 0.3) is 0 Å². The van der Waals surface area contributed by atoms with E-state index in [0.717, 1.165) is 37.3 Å². The lowest BCUT2D eigenvalue weighted by atomic mass is 10.2. The molecule has 0 aliphatic carbocycles. The summed E-state index contributed by atoms with van der Waals surface area (Å²) in [6.45, 7) is 1.70. The second-order valence-corrected chi connectivity index (χ2v) is 5.07. The number of hydrogen-bond donors (Lipinski definition) is 2. The van der Waals surface area contributed by atoms with Gasteiger partial charge < -0.3 is 21.1 Å². The lowest BCUT2D eigenvalue weighted by Crippen LogP contribution is -2.19. The summed E-state index contributed by atoms with van der Waals surface area (Å²) in [6.07, 6.45) is 2.12. The van der Waals surface area contributed by atoms with E-state index in [4.69, 9.17) is 16.2 Å². The van der Waals surface area contributed by atoms with Gasteiger partial charge in [-0.2, -0.15) is 0 Å². The number of nitrogens with two attached hydrogens (primary N) is 2. The number of nitrogen functional groups attached to an aromatic ring is 1. The summed E-state index contributed by atoms with van der Waals surface area (Å²) in [5.74, 6) is -1.15. The molecule has 1 aromatic heterocycles. The third-order valence-electron chi connectivity index (χ3n) is 2.93. The van der Waals surface area contributed by atoms with Crippen molar-refractivity contribution in [2.75, 3.05) is 30.8 Å². The Labute approximate surface area is 108 Å². The van der Waals surface area contributed by atoms with Gasteiger partial charge in [0, 0.05) is 13.1 Å². The summed E-state index contributed by atoms with van der Waals surface area (Å²) in [5.41, 5.74) is 11.5. The molecule has 4 N–H and O–H groups in total. The molecule has 1 amide bonds. The Morgan fingerprint density at radius 3 is 2.44 bits per heavy atom. The minimum absolute atomic E-state index is 0.126. The zero-order valence-electron chi connectivity index (χ0n) is 10.1. The van der Waals surface area contributed by atoms with E-state index in [1.807, 2.05) is 4.90 Å². The number of carbonyl (C=O) groups is 2. The van der Waals surface area contributed by atoms with Gasteiger partial charge in [0.15, 0.2) is 0 Å². The predicted molar refractivity (Wildman–Crippen MR) is 70.0 cm³/mol. The number of methoxy groups -OCH3 is 1. The Bertz CT molecular complexity index is 492. The minimum Gasteiger partial charge on any atom is -0.465 e. The first-order valence-electron chi connectivity index (χ1n) is 5.61. The van der Waals surface area contributed by atoms with Crippen LogP contribution in [0.2, 0.25) is 0 Å². The maximum atomic E-state index is 11.8. The molecule has 98 valence electrons. The fraction of sp³-hybridized carbons (Fsp3) is 0.455. The van der Waals surface area contributed by atoms with E-state index in [2.05, 4.69) is 0 Å². The van der Waals surface area contributed by atoms with Gasteiger partial charge in [0.05, 0.1) is 12.8 Å². The molecule has 2 rings (SSSR count). The number of rotatable bonds is 3. The standard InChI is InChI=1S/C11H15N3O3S/c1-17-11(16)6-7(12)8(9(13)15)18-10(6)14-4-2-3-5-14/h2-5,12H2,1H3,(H2,13,15). The van der Waals surface area contributed by atoms with Gasteiger partial charge in [0.1, 0.15) is 15.4 Å². The molecule has 1 aliphatic rings.